The van der Waals surface area contributed by atoms with Crippen LogP contribution in [0.1, 0.15) is 44.1 Å². The van der Waals surface area contributed by atoms with Crippen LogP contribution in [-0.2, 0) is 5.41 Å². The minimum Gasteiger partial charge on any atom is -0.411 e. The Balaban J connectivity index is 1.94. The molecule has 0 saturated heterocycles. The highest BCUT2D eigenvalue weighted by atomic mass is 35.5. The first-order valence-electron chi connectivity index (χ1n) is 7.43. The van der Waals surface area contributed by atoms with E-state index in [2.05, 4.69) is 5.16 Å². The van der Waals surface area contributed by atoms with Crippen LogP contribution in [0.5, 0.6) is 0 Å². The molecule has 2 fully saturated rings. The Labute approximate surface area is 134 Å². The second-order valence-corrected chi connectivity index (χ2v) is 6.99. The van der Waals surface area contributed by atoms with Gasteiger partial charge in [0.1, 0.15) is 0 Å². The number of rotatable bonds is 3. The maximum absolute atomic E-state index is 11.0. The molecule has 3 rings (SSSR count). The van der Waals surface area contributed by atoms with Gasteiger partial charge in [0.2, 0.25) is 0 Å². The Morgan fingerprint density at radius 1 is 1.19 bits per heavy atom. The lowest BCUT2D eigenvalue weighted by atomic mass is 9.58. The molecule has 0 aromatic heterocycles. The molecule has 1 aromatic carbocycles. The van der Waals surface area contributed by atoms with Crippen molar-refractivity contribution in [3.8, 4) is 0 Å². The van der Waals surface area contributed by atoms with E-state index in [4.69, 9.17) is 28.4 Å². The molecule has 114 valence electrons. The van der Waals surface area contributed by atoms with Gasteiger partial charge in [0, 0.05) is 11.3 Å². The zero-order valence-electron chi connectivity index (χ0n) is 11.7. The van der Waals surface area contributed by atoms with E-state index < -0.39 is 6.10 Å². The van der Waals surface area contributed by atoms with Crippen LogP contribution in [0.25, 0.3) is 0 Å². The zero-order valence-corrected chi connectivity index (χ0v) is 13.2. The third-order valence-corrected chi connectivity index (χ3v) is 5.93. The first-order valence-corrected chi connectivity index (χ1v) is 8.18. The van der Waals surface area contributed by atoms with Gasteiger partial charge in [-0.3, -0.25) is 0 Å². The quantitative estimate of drug-likeness (QED) is 0.638. The first kappa shape index (κ1) is 15.1. The van der Waals surface area contributed by atoms with E-state index in [0.717, 1.165) is 49.8 Å². The molecule has 21 heavy (non-hydrogen) atoms. The smallest absolute Gasteiger partial charge is 0.0718 e. The highest BCUT2D eigenvalue weighted by Crippen LogP contribution is 2.51. The molecule has 0 heterocycles. The van der Waals surface area contributed by atoms with E-state index in [1.807, 2.05) is 12.1 Å². The van der Waals surface area contributed by atoms with Crippen LogP contribution in [0, 0.1) is 5.92 Å². The molecule has 0 bridgehead atoms. The van der Waals surface area contributed by atoms with Crippen LogP contribution in [0.2, 0.25) is 10.0 Å². The summed E-state index contributed by atoms with van der Waals surface area (Å²) in [4.78, 5) is 0. The summed E-state index contributed by atoms with van der Waals surface area (Å²) in [7, 11) is 0. The minimum atomic E-state index is -0.531. The molecule has 2 atom stereocenters. The summed E-state index contributed by atoms with van der Waals surface area (Å²) in [6.07, 6.45) is 5.05. The van der Waals surface area contributed by atoms with Crippen molar-refractivity contribution in [2.45, 2.75) is 50.0 Å². The summed E-state index contributed by atoms with van der Waals surface area (Å²) in [5, 5.41) is 24.5. The Bertz CT molecular complexity index is 569. The van der Waals surface area contributed by atoms with Crippen molar-refractivity contribution < 1.29 is 10.3 Å². The summed E-state index contributed by atoms with van der Waals surface area (Å²) in [6.45, 7) is 0. The molecule has 0 aliphatic heterocycles. The molecule has 0 radical (unpaired) electrons. The predicted octanol–water partition coefficient (Wildman–Crippen LogP) is 4.41. The van der Waals surface area contributed by atoms with E-state index in [0.29, 0.717) is 10.0 Å². The number of halogens is 2. The monoisotopic (exact) mass is 327 g/mol. The Kier molecular flexibility index (Phi) is 4.17. The van der Waals surface area contributed by atoms with Crippen molar-refractivity contribution in [2.75, 3.05) is 0 Å². The van der Waals surface area contributed by atoms with Gasteiger partial charge >= 0.3 is 0 Å². The van der Waals surface area contributed by atoms with Crippen LogP contribution in [0.3, 0.4) is 0 Å². The van der Waals surface area contributed by atoms with Crippen LogP contribution >= 0.6 is 23.2 Å². The average molecular weight is 328 g/mol. The Morgan fingerprint density at radius 2 is 1.95 bits per heavy atom. The number of aliphatic hydroxyl groups excluding tert-OH is 1. The van der Waals surface area contributed by atoms with Gasteiger partial charge in [0.25, 0.3) is 0 Å². The molecule has 0 amide bonds. The van der Waals surface area contributed by atoms with Crippen molar-refractivity contribution in [1.82, 2.24) is 0 Å². The lowest BCUT2D eigenvalue weighted by Crippen LogP contribution is -2.50. The van der Waals surface area contributed by atoms with Crippen LogP contribution in [0.15, 0.2) is 23.4 Å². The van der Waals surface area contributed by atoms with Gasteiger partial charge in [-0.25, -0.2) is 0 Å². The molecule has 1 aromatic rings. The average Bonchev–Trinajstić information content (AvgIpc) is 2.89. The summed E-state index contributed by atoms with van der Waals surface area (Å²) in [5.41, 5.74) is 1.49. The first-order chi connectivity index (χ1) is 10.1. The van der Waals surface area contributed by atoms with E-state index in [1.54, 1.807) is 6.07 Å². The molecule has 2 saturated carbocycles. The third kappa shape index (κ3) is 2.45. The maximum atomic E-state index is 11.0. The largest absolute Gasteiger partial charge is 0.411 e. The predicted molar refractivity (Wildman–Crippen MR) is 84.6 cm³/mol. The maximum Gasteiger partial charge on any atom is 0.0718 e. The van der Waals surface area contributed by atoms with Gasteiger partial charge in [-0.2, -0.15) is 0 Å². The fourth-order valence-corrected chi connectivity index (χ4v) is 4.12. The fraction of sp³-hybridized carbons (Fsp3) is 0.562. The zero-order chi connectivity index (χ0) is 15.0. The topological polar surface area (TPSA) is 52.8 Å². The second-order valence-electron chi connectivity index (χ2n) is 6.17. The normalized spacial score (nSPS) is 27.6. The standard InChI is InChI=1S/C16H19Cl2NO2/c17-12-6-5-10(9-13(12)18)16(7-2-8-16)15(20)11-3-1-4-14(11)19-21/h5-6,9,11,15,20-21H,1-4,7-8H2/b19-14+/t11-,15-/m0/s1. The second kappa shape index (κ2) is 5.79. The van der Waals surface area contributed by atoms with Crippen molar-refractivity contribution in [3.05, 3.63) is 33.8 Å². The van der Waals surface area contributed by atoms with Crippen molar-refractivity contribution in [1.29, 1.82) is 0 Å². The summed E-state index contributed by atoms with van der Waals surface area (Å²) >= 11 is 12.1. The third-order valence-electron chi connectivity index (χ3n) is 5.19. The molecule has 5 heteroatoms. The molecule has 0 unspecified atom stereocenters. The van der Waals surface area contributed by atoms with Gasteiger partial charge in [-0.05, 0) is 49.8 Å². The van der Waals surface area contributed by atoms with Gasteiger partial charge < -0.3 is 10.3 Å². The van der Waals surface area contributed by atoms with Gasteiger partial charge in [0.05, 0.1) is 21.9 Å². The SMILES string of the molecule is O/N=C1\CCC[C@@H]1[C@H](O)C1(c2ccc(Cl)c(Cl)c2)CCC1. The molecular formula is C16H19Cl2NO2. The lowest BCUT2D eigenvalue weighted by molar-refractivity contribution is 0.00422. The minimum absolute atomic E-state index is 0.0512. The Morgan fingerprint density at radius 3 is 2.52 bits per heavy atom. The highest BCUT2D eigenvalue weighted by molar-refractivity contribution is 6.42. The molecular weight excluding hydrogens is 309 g/mol. The van der Waals surface area contributed by atoms with Crippen molar-refractivity contribution in [3.63, 3.8) is 0 Å². The van der Waals surface area contributed by atoms with E-state index in [1.165, 1.54) is 0 Å². The summed E-state index contributed by atoms with van der Waals surface area (Å²) in [5.74, 6) is -0.0512. The van der Waals surface area contributed by atoms with Crippen molar-refractivity contribution in [2.24, 2.45) is 11.1 Å². The molecule has 3 nitrogen and oxygen atoms in total. The van der Waals surface area contributed by atoms with E-state index >= 15 is 0 Å². The van der Waals surface area contributed by atoms with Gasteiger partial charge in [0.15, 0.2) is 0 Å². The number of aliphatic hydroxyl groups is 1. The van der Waals surface area contributed by atoms with Gasteiger partial charge in [-0.15, -0.1) is 0 Å². The summed E-state index contributed by atoms with van der Waals surface area (Å²) < 4.78 is 0. The number of hydrogen-bond donors (Lipinski definition) is 2. The number of hydrogen-bond acceptors (Lipinski definition) is 3. The Hall–Kier alpha value is -0.770. The number of nitrogens with zero attached hydrogens (tertiary/aromatic N) is 1. The van der Waals surface area contributed by atoms with Gasteiger partial charge in [-0.1, -0.05) is 40.8 Å². The van der Waals surface area contributed by atoms with E-state index in [9.17, 15) is 5.11 Å². The lowest BCUT2D eigenvalue weighted by Gasteiger charge is -2.48. The van der Waals surface area contributed by atoms with Crippen LogP contribution in [0.4, 0.5) is 0 Å². The molecule has 2 N–H and O–H groups in total. The molecule has 2 aliphatic rings. The van der Waals surface area contributed by atoms with Crippen LogP contribution < -0.4 is 0 Å². The highest BCUT2D eigenvalue weighted by Gasteiger charge is 2.49. The van der Waals surface area contributed by atoms with E-state index in [-0.39, 0.29) is 11.3 Å². The number of benzene rings is 1. The fourth-order valence-electron chi connectivity index (χ4n) is 3.82. The molecule has 0 spiro atoms. The van der Waals surface area contributed by atoms with Crippen LogP contribution in [-0.4, -0.2) is 22.1 Å². The summed E-state index contributed by atoms with van der Waals surface area (Å²) in [6, 6.07) is 5.62. The number of oxime groups is 1. The molecule has 2 aliphatic carbocycles. The van der Waals surface area contributed by atoms with Crippen molar-refractivity contribution >= 4 is 28.9 Å².